The van der Waals surface area contributed by atoms with Crippen LogP contribution in [0.15, 0.2) is 60.7 Å². The molecule has 0 aliphatic rings. The lowest BCUT2D eigenvalue weighted by Gasteiger charge is -2.22. The monoisotopic (exact) mass is 508 g/mol. The van der Waals surface area contributed by atoms with E-state index in [2.05, 4.69) is 31.1 Å². The van der Waals surface area contributed by atoms with Crippen LogP contribution in [0.1, 0.15) is 45.4 Å². The van der Waals surface area contributed by atoms with Gasteiger partial charge >= 0.3 is 0 Å². The van der Waals surface area contributed by atoms with E-state index >= 15 is 0 Å². The molecule has 0 bridgehead atoms. The van der Waals surface area contributed by atoms with Crippen molar-refractivity contribution < 1.29 is 15.3 Å². The van der Waals surface area contributed by atoms with E-state index in [0.717, 1.165) is 16.7 Å². The highest BCUT2D eigenvalue weighted by molar-refractivity contribution is 5.70. The minimum atomic E-state index is -0.551. The molecular weight excluding hydrogens is 484 g/mol. The Hall–Kier alpha value is -5.32. The van der Waals surface area contributed by atoms with Gasteiger partial charge in [0.15, 0.2) is 11.6 Å². The summed E-state index contributed by atoms with van der Waals surface area (Å²) in [6, 6.07) is 17.2. The maximum atomic E-state index is 11.0. The number of benzene rings is 3. The molecule has 0 radical (unpaired) electrons. The van der Waals surface area contributed by atoms with Crippen LogP contribution >= 0.6 is 0 Å². The van der Waals surface area contributed by atoms with E-state index in [4.69, 9.17) is 0 Å². The SMILES string of the molecule is Cn1nnnc1/C=C\c1ccc(O)c(C(c2ccc(O)cc2)c2cc(/C=C/c3nnnn3C)ccc2O)c1. The van der Waals surface area contributed by atoms with E-state index in [1.807, 2.05) is 24.3 Å². The van der Waals surface area contributed by atoms with Gasteiger partial charge < -0.3 is 15.3 Å². The van der Waals surface area contributed by atoms with Crippen LogP contribution in [0.2, 0.25) is 0 Å². The molecule has 38 heavy (non-hydrogen) atoms. The van der Waals surface area contributed by atoms with E-state index < -0.39 is 5.92 Å². The molecule has 0 saturated heterocycles. The first-order valence-electron chi connectivity index (χ1n) is 11.6. The third kappa shape index (κ3) is 5.12. The Morgan fingerprint density at radius 3 is 1.53 bits per heavy atom. The van der Waals surface area contributed by atoms with Crippen molar-refractivity contribution >= 4 is 24.3 Å². The molecule has 11 heteroatoms. The highest BCUT2D eigenvalue weighted by Crippen LogP contribution is 2.41. The van der Waals surface area contributed by atoms with Gasteiger partial charge in [0.1, 0.15) is 17.2 Å². The number of aromatic hydroxyl groups is 3. The Labute approximate surface area is 217 Å². The van der Waals surface area contributed by atoms with Gasteiger partial charge in [-0.1, -0.05) is 36.4 Å². The summed E-state index contributed by atoms with van der Waals surface area (Å²) in [6.45, 7) is 0. The molecule has 0 amide bonds. The highest BCUT2D eigenvalue weighted by atomic mass is 16.3. The van der Waals surface area contributed by atoms with Crippen molar-refractivity contribution in [2.45, 2.75) is 5.92 Å². The van der Waals surface area contributed by atoms with Gasteiger partial charge in [0.05, 0.1) is 0 Å². The van der Waals surface area contributed by atoms with Gasteiger partial charge in [-0.05, 0) is 86.1 Å². The fourth-order valence-corrected chi connectivity index (χ4v) is 4.11. The molecule has 5 rings (SSSR count). The lowest BCUT2D eigenvalue weighted by Crippen LogP contribution is -2.05. The molecule has 3 aromatic carbocycles. The third-order valence-corrected chi connectivity index (χ3v) is 6.11. The minimum absolute atomic E-state index is 0.0612. The van der Waals surface area contributed by atoms with E-state index in [-0.39, 0.29) is 17.2 Å². The average molecular weight is 509 g/mol. The Bertz CT molecular complexity index is 1540. The Kier molecular flexibility index (Phi) is 6.64. The van der Waals surface area contributed by atoms with Crippen molar-refractivity contribution in [3.63, 3.8) is 0 Å². The summed E-state index contributed by atoms with van der Waals surface area (Å²) in [5, 5.41) is 54.7. The zero-order valence-corrected chi connectivity index (χ0v) is 20.6. The van der Waals surface area contributed by atoms with Crippen LogP contribution < -0.4 is 0 Å². The quantitative estimate of drug-likeness (QED) is 0.281. The Morgan fingerprint density at radius 1 is 0.632 bits per heavy atom. The van der Waals surface area contributed by atoms with Crippen molar-refractivity contribution in [2.75, 3.05) is 0 Å². The fourth-order valence-electron chi connectivity index (χ4n) is 4.11. The number of aryl methyl sites for hydroxylation is 2. The molecule has 2 heterocycles. The van der Waals surface area contributed by atoms with Gasteiger partial charge in [-0.25, -0.2) is 9.36 Å². The predicted molar refractivity (Wildman–Crippen MR) is 141 cm³/mol. The second-order valence-corrected chi connectivity index (χ2v) is 8.65. The van der Waals surface area contributed by atoms with E-state index in [1.165, 1.54) is 0 Å². The molecule has 0 aliphatic heterocycles. The van der Waals surface area contributed by atoms with Gasteiger partial charge in [-0.15, -0.1) is 10.2 Å². The van der Waals surface area contributed by atoms with Crippen molar-refractivity contribution in [1.82, 2.24) is 40.4 Å². The standard InChI is InChI=1S/C27H24N8O3/c1-34-25(28-30-32-34)13-5-17-3-11-23(37)21(15-17)27(19-7-9-20(36)10-8-19)22-16-18(4-12-24(22)38)6-14-26-29-31-33-35(26)2/h3-16,27,36-38H,1-2H3/b13-5-,14-6+. The van der Waals surface area contributed by atoms with Crippen molar-refractivity contribution in [3.05, 3.63) is 100 Å². The summed E-state index contributed by atoms with van der Waals surface area (Å²) in [5.74, 6) is 0.834. The molecule has 190 valence electrons. The molecule has 0 fully saturated rings. The average Bonchev–Trinajstić information content (AvgIpc) is 3.52. The van der Waals surface area contributed by atoms with Gasteiger partial charge in [0.2, 0.25) is 0 Å². The lowest BCUT2D eigenvalue weighted by atomic mass is 9.82. The lowest BCUT2D eigenvalue weighted by molar-refractivity contribution is 0.458. The number of phenolic OH excluding ortho intramolecular Hbond substituents is 3. The number of tetrazole rings is 2. The second kappa shape index (κ2) is 10.3. The summed E-state index contributed by atoms with van der Waals surface area (Å²) < 4.78 is 3.09. The minimum Gasteiger partial charge on any atom is -0.508 e. The second-order valence-electron chi connectivity index (χ2n) is 8.65. The first kappa shape index (κ1) is 24.4. The van der Waals surface area contributed by atoms with Crippen LogP contribution in [0.5, 0.6) is 17.2 Å². The molecule has 11 nitrogen and oxygen atoms in total. The molecule has 0 aliphatic carbocycles. The zero-order chi connectivity index (χ0) is 26.6. The van der Waals surface area contributed by atoms with Crippen molar-refractivity contribution in [2.24, 2.45) is 14.1 Å². The van der Waals surface area contributed by atoms with Crippen molar-refractivity contribution in [1.29, 1.82) is 0 Å². The summed E-state index contributed by atoms with van der Waals surface area (Å²) in [5.41, 5.74) is 3.51. The Balaban J connectivity index is 1.60. The number of aromatic nitrogens is 8. The van der Waals surface area contributed by atoms with Gasteiger partial charge in [-0.2, -0.15) is 0 Å². The third-order valence-electron chi connectivity index (χ3n) is 6.11. The number of phenols is 3. The smallest absolute Gasteiger partial charge is 0.174 e. The van der Waals surface area contributed by atoms with Crippen LogP contribution in [-0.2, 0) is 14.1 Å². The van der Waals surface area contributed by atoms with Crippen LogP contribution in [0.25, 0.3) is 24.3 Å². The number of rotatable bonds is 7. The van der Waals surface area contributed by atoms with Crippen LogP contribution in [0, 0.1) is 0 Å². The van der Waals surface area contributed by atoms with Crippen LogP contribution in [0.3, 0.4) is 0 Å². The van der Waals surface area contributed by atoms with Crippen LogP contribution in [-0.4, -0.2) is 55.7 Å². The van der Waals surface area contributed by atoms with Gasteiger partial charge in [-0.3, -0.25) is 0 Å². The summed E-state index contributed by atoms with van der Waals surface area (Å²) >= 11 is 0. The fraction of sp³-hybridized carbons (Fsp3) is 0.111. The largest absolute Gasteiger partial charge is 0.508 e. The Morgan fingerprint density at radius 2 is 1.11 bits per heavy atom. The normalized spacial score (nSPS) is 12.5. The summed E-state index contributed by atoms with van der Waals surface area (Å²) in [6.07, 6.45) is 7.23. The molecule has 0 spiro atoms. The van der Waals surface area contributed by atoms with E-state index in [1.54, 1.807) is 84.1 Å². The first-order chi connectivity index (χ1) is 18.4. The van der Waals surface area contributed by atoms with Gasteiger partial charge in [0, 0.05) is 31.1 Å². The zero-order valence-electron chi connectivity index (χ0n) is 20.6. The molecule has 5 aromatic rings. The van der Waals surface area contributed by atoms with Gasteiger partial charge in [0.25, 0.3) is 0 Å². The first-order valence-corrected chi connectivity index (χ1v) is 11.6. The summed E-state index contributed by atoms with van der Waals surface area (Å²) in [4.78, 5) is 0. The maximum absolute atomic E-state index is 11.0. The maximum Gasteiger partial charge on any atom is 0.174 e. The van der Waals surface area contributed by atoms with E-state index in [0.29, 0.717) is 22.8 Å². The molecular formula is C27H24N8O3. The molecule has 1 atom stereocenters. The number of hydrogen-bond donors (Lipinski definition) is 3. The van der Waals surface area contributed by atoms with Crippen molar-refractivity contribution in [3.8, 4) is 17.2 Å². The topological polar surface area (TPSA) is 148 Å². The predicted octanol–water partition coefficient (Wildman–Crippen LogP) is 3.37. The number of nitrogens with zero attached hydrogens (tertiary/aromatic N) is 8. The number of hydrogen-bond acceptors (Lipinski definition) is 9. The molecule has 0 saturated carbocycles. The highest BCUT2D eigenvalue weighted by Gasteiger charge is 2.23. The van der Waals surface area contributed by atoms with Crippen LogP contribution in [0.4, 0.5) is 0 Å². The molecule has 3 N–H and O–H groups in total. The summed E-state index contributed by atoms with van der Waals surface area (Å²) in [7, 11) is 3.49. The molecule has 2 aromatic heterocycles. The molecule has 1 unspecified atom stereocenters. The van der Waals surface area contributed by atoms with E-state index in [9.17, 15) is 15.3 Å².